The molecule has 0 aliphatic heterocycles. The summed E-state index contributed by atoms with van der Waals surface area (Å²) in [6.07, 6.45) is 1.54. The molecule has 0 fully saturated rings. The quantitative estimate of drug-likeness (QED) is 0.352. The summed E-state index contributed by atoms with van der Waals surface area (Å²) in [5.41, 5.74) is 3.16. The Morgan fingerprint density at radius 1 is 0.838 bits per heavy atom. The van der Waals surface area contributed by atoms with Crippen molar-refractivity contribution >= 4 is 23.4 Å². The molecule has 2 N–H and O–H groups in total. The Morgan fingerprint density at radius 2 is 1.51 bits per heavy atom. The molecular formula is C28H30N4O5. The standard InChI is InChI=1S/C26H24N4O5.C2H6/c1-34-20-6-3-5-18(13-20)15-27-24(31)21-16-30-22(7-4-8-23(30)29-21)25(32)28-14-17-9-11-19(12-10-17)26(33)35-2;1-2/h3-13,16H,14-15H2,1-2H3,(H,27,31)(H,28,32);1-2H3. The number of hydrogen-bond donors (Lipinski definition) is 2. The number of imidazole rings is 1. The van der Waals surface area contributed by atoms with E-state index in [1.54, 1.807) is 54.0 Å². The van der Waals surface area contributed by atoms with E-state index in [0.717, 1.165) is 11.1 Å². The van der Waals surface area contributed by atoms with Crippen LogP contribution in [0.15, 0.2) is 72.9 Å². The van der Waals surface area contributed by atoms with E-state index in [2.05, 4.69) is 20.4 Å². The predicted octanol–water partition coefficient (Wildman–Crippen LogP) is 4.02. The zero-order valence-corrected chi connectivity index (χ0v) is 21.3. The largest absolute Gasteiger partial charge is 0.497 e. The highest BCUT2D eigenvalue weighted by atomic mass is 16.5. The van der Waals surface area contributed by atoms with Crippen LogP contribution in [0, 0.1) is 0 Å². The fraction of sp³-hybridized carbons (Fsp3) is 0.214. The van der Waals surface area contributed by atoms with E-state index in [4.69, 9.17) is 4.74 Å². The molecule has 0 atom stereocenters. The third-order valence-electron chi connectivity index (χ3n) is 5.37. The number of ether oxygens (including phenoxy) is 2. The second-order valence-electron chi connectivity index (χ2n) is 7.67. The fourth-order valence-corrected chi connectivity index (χ4v) is 3.51. The van der Waals surface area contributed by atoms with E-state index >= 15 is 0 Å². The number of nitrogens with one attached hydrogen (secondary N) is 2. The van der Waals surface area contributed by atoms with E-state index < -0.39 is 5.97 Å². The molecule has 2 heterocycles. The first-order chi connectivity index (χ1) is 18.0. The van der Waals surface area contributed by atoms with Crippen LogP contribution in [-0.2, 0) is 17.8 Å². The number of pyridine rings is 1. The van der Waals surface area contributed by atoms with Gasteiger partial charge in [0, 0.05) is 19.3 Å². The number of esters is 1. The summed E-state index contributed by atoms with van der Waals surface area (Å²) in [7, 11) is 2.91. The average molecular weight is 503 g/mol. The molecule has 37 heavy (non-hydrogen) atoms. The maximum Gasteiger partial charge on any atom is 0.337 e. The van der Waals surface area contributed by atoms with Crippen LogP contribution in [-0.4, -0.2) is 41.4 Å². The molecule has 0 bridgehead atoms. The summed E-state index contributed by atoms with van der Waals surface area (Å²) in [4.78, 5) is 41.4. The first-order valence-corrected chi connectivity index (χ1v) is 11.8. The van der Waals surface area contributed by atoms with E-state index in [9.17, 15) is 14.4 Å². The van der Waals surface area contributed by atoms with Crippen molar-refractivity contribution in [3.63, 3.8) is 0 Å². The van der Waals surface area contributed by atoms with Gasteiger partial charge in [-0.3, -0.25) is 14.0 Å². The summed E-state index contributed by atoms with van der Waals surface area (Å²) in [5.74, 6) is -0.391. The molecule has 0 radical (unpaired) electrons. The third kappa shape index (κ3) is 6.72. The molecule has 0 saturated heterocycles. The average Bonchev–Trinajstić information content (AvgIpc) is 3.40. The van der Waals surface area contributed by atoms with Gasteiger partial charge >= 0.3 is 5.97 Å². The highest BCUT2D eigenvalue weighted by Gasteiger charge is 2.16. The van der Waals surface area contributed by atoms with Crippen LogP contribution in [0.1, 0.15) is 56.3 Å². The number of carbonyl (C=O) groups excluding carboxylic acids is 3. The summed E-state index contributed by atoms with van der Waals surface area (Å²) in [6, 6.07) is 19.3. The Bertz CT molecular complexity index is 1380. The summed E-state index contributed by atoms with van der Waals surface area (Å²) in [5, 5.41) is 5.69. The first kappa shape index (κ1) is 26.9. The minimum absolute atomic E-state index is 0.201. The van der Waals surface area contributed by atoms with Gasteiger partial charge in [0.1, 0.15) is 22.8 Å². The molecule has 2 amide bonds. The Kier molecular flexibility index (Phi) is 9.37. The fourth-order valence-electron chi connectivity index (χ4n) is 3.51. The predicted molar refractivity (Wildman–Crippen MR) is 140 cm³/mol. The topological polar surface area (TPSA) is 111 Å². The van der Waals surface area contributed by atoms with Gasteiger partial charge in [-0.1, -0.05) is 44.2 Å². The van der Waals surface area contributed by atoms with Crippen LogP contribution >= 0.6 is 0 Å². The van der Waals surface area contributed by atoms with Gasteiger partial charge < -0.3 is 20.1 Å². The van der Waals surface area contributed by atoms with Gasteiger partial charge in [0.15, 0.2) is 0 Å². The number of fused-ring (bicyclic) bond motifs is 1. The van der Waals surface area contributed by atoms with Crippen molar-refractivity contribution in [3.8, 4) is 5.75 Å². The van der Waals surface area contributed by atoms with Gasteiger partial charge in [0.05, 0.1) is 19.8 Å². The number of aromatic nitrogens is 2. The lowest BCUT2D eigenvalue weighted by molar-refractivity contribution is 0.0600. The molecule has 0 aliphatic rings. The molecule has 0 unspecified atom stereocenters. The van der Waals surface area contributed by atoms with Crippen LogP contribution in [0.5, 0.6) is 5.75 Å². The highest BCUT2D eigenvalue weighted by Crippen LogP contribution is 2.14. The molecule has 0 spiro atoms. The minimum Gasteiger partial charge on any atom is -0.497 e. The maximum atomic E-state index is 12.9. The lowest BCUT2D eigenvalue weighted by atomic mass is 10.1. The summed E-state index contributed by atoms with van der Waals surface area (Å²) < 4.78 is 11.5. The molecule has 4 rings (SSSR count). The highest BCUT2D eigenvalue weighted by molar-refractivity contribution is 5.95. The van der Waals surface area contributed by atoms with Gasteiger partial charge in [0.25, 0.3) is 11.8 Å². The monoisotopic (exact) mass is 502 g/mol. The van der Waals surface area contributed by atoms with Gasteiger partial charge in [-0.15, -0.1) is 0 Å². The zero-order chi connectivity index (χ0) is 26.8. The number of rotatable bonds is 8. The Morgan fingerprint density at radius 3 is 2.22 bits per heavy atom. The molecule has 192 valence electrons. The maximum absolute atomic E-state index is 12.9. The Hall–Kier alpha value is -4.66. The molecule has 4 aromatic rings. The molecule has 0 aliphatic carbocycles. The zero-order valence-electron chi connectivity index (χ0n) is 21.3. The minimum atomic E-state index is -0.421. The van der Waals surface area contributed by atoms with Crippen LogP contribution in [0.4, 0.5) is 0 Å². The molecule has 9 nitrogen and oxygen atoms in total. The van der Waals surface area contributed by atoms with E-state index in [0.29, 0.717) is 29.2 Å². The first-order valence-electron chi connectivity index (χ1n) is 11.8. The molecular weight excluding hydrogens is 472 g/mol. The SMILES string of the molecule is CC.COC(=O)c1ccc(CNC(=O)c2cccc3nc(C(=O)NCc4cccc(OC)c4)cn23)cc1. The molecule has 0 saturated carbocycles. The Balaban J connectivity index is 0.00000186. The van der Waals surface area contributed by atoms with Crippen molar-refractivity contribution in [2.75, 3.05) is 14.2 Å². The van der Waals surface area contributed by atoms with Gasteiger partial charge in [-0.05, 0) is 47.5 Å². The lowest BCUT2D eigenvalue weighted by Gasteiger charge is -2.08. The lowest BCUT2D eigenvalue weighted by Crippen LogP contribution is -2.25. The van der Waals surface area contributed by atoms with Crippen LogP contribution in [0.2, 0.25) is 0 Å². The van der Waals surface area contributed by atoms with Crippen molar-refractivity contribution in [3.05, 3.63) is 101 Å². The second-order valence-corrected chi connectivity index (χ2v) is 7.67. The summed E-state index contributed by atoms with van der Waals surface area (Å²) in [6.45, 7) is 4.57. The number of benzene rings is 2. The molecule has 2 aromatic heterocycles. The number of nitrogens with zero attached hydrogens (tertiary/aromatic N) is 2. The number of methoxy groups -OCH3 is 2. The molecule has 9 heteroatoms. The van der Waals surface area contributed by atoms with Gasteiger partial charge in [-0.2, -0.15) is 0 Å². The van der Waals surface area contributed by atoms with Crippen LogP contribution in [0.3, 0.4) is 0 Å². The Labute approximate surface area is 215 Å². The van der Waals surface area contributed by atoms with E-state index in [-0.39, 0.29) is 24.1 Å². The van der Waals surface area contributed by atoms with Crippen molar-refractivity contribution in [1.29, 1.82) is 0 Å². The van der Waals surface area contributed by atoms with Gasteiger partial charge in [-0.25, -0.2) is 9.78 Å². The van der Waals surface area contributed by atoms with Crippen molar-refractivity contribution < 1.29 is 23.9 Å². The number of carbonyl (C=O) groups is 3. The number of hydrogen-bond acceptors (Lipinski definition) is 6. The number of amides is 2. The van der Waals surface area contributed by atoms with E-state index in [1.807, 2.05) is 38.1 Å². The van der Waals surface area contributed by atoms with Crippen molar-refractivity contribution in [1.82, 2.24) is 20.0 Å². The van der Waals surface area contributed by atoms with Crippen LogP contribution in [0.25, 0.3) is 5.65 Å². The second kappa shape index (κ2) is 12.9. The smallest absolute Gasteiger partial charge is 0.337 e. The van der Waals surface area contributed by atoms with E-state index in [1.165, 1.54) is 13.3 Å². The van der Waals surface area contributed by atoms with Crippen molar-refractivity contribution in [2.45, 2.75) is 26.9 Å². The van der Waals surface area contributed by atoms with Crippen molar-refractivity contribution in [2.24, 2.45) is 0 Å². The van der Waals surface area contributed by atoms with Crippen LogP contribution < -0.4 is 15.4 Å². The normalized spacial score (nSPS) is 10.2. The van der Waals surface area contributed by atoms with Gasteiger partial charge in [0.2, 0.25) is 0 Å². The summed E-state index contributed by atoms with van der Waals surface area (Å²) >= 11 is 0. The molecule has 2 aromatic carbocycles. The third-order valence-corrected chi connectivity index (χ3v) is 5.37.